The fourth-order valence-corrected chi connectivity index (χ4v) is 3.12. The van der Waals surface area contributed by atoms with Gasteiger partial charge in [-0.25, -0.2) is 0 Å². The average Bonchev–Trinajstić information content (AvgIpc) is 2.85. The number of allylic oxidation sites excluding steroid dienone is 1. The Kier molecular flexibility index (Phi) is 4.95. The minimum Gasteiger partial charge on any atom is -0.481 e. The van der Waals surface area contributed by atoms with Crippen LogP contribution in [0.2, 0.25) is 0 Å². The summed E-state index contributed by atoms with van der Waals surface area (Å²) in [4.78, 5) is 23.8. The highest BCUT2D eigenvalue weighted by Crippen LogP contribution is 2.28. The van der Waals surface area contributed by atoms with E-state index in [0.717, 1.165) is 17.8 Å². The van der Waals surface area contributed by atoms with Crippen molar-refractivity contribution >= 4 is 28.2 Å². The van der Waals surface area contributed by atoms with Gasteiger partial charge in [-0.1, -0.05) is 31.6 Å². The first-order valence-electron chi connectivity index (χ1n) is 7.39. The molecule has 0 aromatic carbocycles. The first-order valence-corrected chi connectivity index (χ1v) is 8.20. The number of aromatic nitrogens is 2. The Bertz CT molecular complexity index is 607. The summed E-state index contributed by atoms with van der Waals surface area (Å²) in [7, 11) is 0. The number of ketones is 1. The van der Waals surface area contributed by atoms with Gasteiger partial charge in [-0.15, -0.1) is 10.2 Å². The second kappa shape index (κ2) is 6.56. The molecular weight excluding hydrogens is 302 g/mol. The third kappa shape index (κ3) is 4.13. The zero-order valence-corrected chi connectivity index (χ0v) is 14.1. The number of hydrogen-bond acceptors (Lipinski definition) is 6. The molecule has 0 aliphatic carbocycles. The van der Waals surface area contributed by atoms with Gasteiger partial charge in [0.1, 0.15) is 10.6 Å². The van der Waals surface area contributed by atoms with Gasteiger partial charge in [-0.3, -0.25) is 14.9 Å². The molecule has 1 atom stereocenters. The number of amides is 1. The van der Waals surface area contributed by atoms with Crippen LogP contribution in [-0.2, 0) is 14.3 Å². The number of carbonyl (C=O) groups excluding carboxylic acids is 2. The van der Waals surface area contributed by atoms with Gasteiger partial charge in [0.05, 0.1) is 0 Å². The lowest BCUT2D eigenvalue weighted by atomic mass is 9.98. The van der Waals surface area contributed by atoms with Crippen molar-refractivity contribution in [3.05, 3.63) is 16.8 Å². The molecule has 6 nitrogen and oxygen atoms in total. The molecule has 1 aliphatic rings. The smallest absolute Gasteiger partial charge is 0.292 e. The average molecular weight is 323 g/mol. The van der Waals surface area contributed by atoms with E-state index in [4.69, 9.17) is 4.74 Å². The van der Waals surface area contributed by atoms with E-state index in [9.17, 15) is 9.59 Å². The van der Waals surface area contributed by atoms with Crippen molar-refractivity contribution in [1.82, 2.24) is 10.2 Å². The van der Waals surface area contributed by atoms with Crippen LogP contribution in [0.25, 0.3) is 0 Å². The summed E-state index contributed by atoms with van der Waals surface area (Å²) < 4.78 is 5.56. The highest BCUT2D eigenvalue weighted by atomic mass is 32.1. The molecular formula is C15H21N3O3S. The Morgan fingerprint density at radius 1 is 1.50 bits per heavy atom. The molecule has 0 saturated carbocycles. The van der Waals surface area contributed by atoms with Crippen LogP contribution >= 0.6 is 11.3 Å². The van der Waals surface area contributed by atoms with E-state index in [2.05, 4.69) is 29.4 Å². The molecule has 1 N–H and O–H groups in total. The Morgan fingerprint density at radius 2 is 2.23 bits per heavy atom. The number of carbonyl (C=O) groups is 2. The molecule has 1 aromatic rings. The largest absolute Gasteiger partial charge is 0.481 e. The summed E-state index contributed by atoms with van der Waals surface area (Å²) in [5, 5.41) is 12.0. The first kappa shape index (κ1) is 16.6. The van der Waals surface area contributed by atoms with Crippen LogP contribution < -0.4 is 5.32 Å². The predicted molar refractivity (Wildman–Crippen MR) is 84.7 cm³/mol. The fourth-order valence-electron chi connectivity index (χ4n) is 2.29. The van der Waals surface area contributed by atoms with Crippen LogP contribution in [0.4, 0.5) is 5.13 Å². The first-order chi connectivity index (χ1) is 10.3. The molecule has 22 heavy (non-hydrogen) atoms. The highest BCUT2D eigenvalue weighted by molar-refractivity contribution is 7.15. The van der Waals surface area contributed by atoms with Crippen LogP contribution in [0.1, 0.15) is 57.9 Å². The SMILES string of the molecule is CCC[C@@H](C)c1nnc(NC(=O)C2=CC(=O)CC(C)(C)O2)s1. The van der Waals surface area contributed by atoms with Crippen LogP contribution in [0.5, 0.6) is 0 Å². The molecule has 2 rings (SSSR count). The van der Waals surface area contributed by atoms with E-state index in [1.807, 2.05) is 0 Å². The highest BCUT2D eigenvalue weighted by Gasteiger charge is 2.32. The number of hydrogen-bond donors (Lipinski definition) is 1. The second-order valence-corrected chi connectivity index (χ2v) is 7.11. The maximum absolute atomic E-state index is 12.2. The summed E-state index contributed by atoms with van der Waals surface area (Å²) in [6.07, 6.45) is 3.60. The van der Waals surface area contributed by atoms with E-state index in [1.165, 1.54) is 17.4 Å². The van der Waals surface area contributed by atoms with Crippen LogP contribution in [0.15, 0.2) is 11.8 Å². The fraction of sp³-hybridized carbons (Fsp3) is 0.600. The molecule has 1 amide bonds. The van der Waals surface area contributed by atoms with Crippen molar-refractivity contribution in [3.8, 4) is 0 Å². The normalized spacial score (nSPS) is 18.4. The standard InChI is InChI=1S/C15H21N3O3S/c1-5-6-9(2)13-17-18-14(22-13)16-12(20)11-7-10(19)8-15(3,4)21-11/h7,9H,5-6,8H2,1-4H3,(H,16,18,20)/t9-/m1/s1. The van der Waals surface area contributed by atoms with Gasteiger partial charge in [0, 0.05) is 18.4 Å². The summed E-state index contributed by atoms with van der Waals surface area (Å²) in [5.74, 6) is -0.235. The quantitative estimate of drug-likeness (QED) is 0.900. The number of nitrogens with zero attached hydrogens (tertiary/aromatic N) is 2. The summed E-state index contributed by atoms with van der Waals surface area (Å²) >= 11 is 1.35. The summed E-state index contributed by atoms with van der Waals surface area (Å²) in [6.45, 7) is 7.76. The monoisotopic (exact) mass is 323 g/mol. The van der Waals surface area contributed by atoms with Gasteiger partial charge in [-0.2, -0.15) is 0 Å². The van der Waals surface area contributed by atoms with E-state index in [1.54, 1.807) is 13.8 Å². The van der Waals surface area contributed by atoms with Gasteiger partial charge >= 0.3 is 0 Å². The molecule has 120 valence electrons. The molecule has 7 heteroatoms. The topological polar surface area (TPSA) is 81.2 Å². The number of ether oxygens (including phenoxy) is 1. The number of nitrogens with one attached hydrogen (secondary N) is 1. The molecule has 0 fully saturated rings. The number of rotatable bonds is 5. The minimum atomic E-state index is -0.666. The minimum absolute atomic E-state index is 0.0274. The Morgan fingerprint density at radius 3 is 2.86 bits per heavy atom. The van der Waals surface area contributed by atoms with Gasteiger partial charge in [0.2, 0.25) is 5.13 Å². The van der Waals surface area contributed by atoms with Crippen LogP contribution in [0, 0.1) is 0 Å². The van der Waals surface area contributed by atoms with Gasteiger partial charge in [0.25, 0.3) is 5.91 Å². The Hall–Kier alpha value is -1.76. The summed E-state index contributed by atoms with van der Waals surface area (Å²) in [6, 6.07) is 0. The van der Waals surface area contributed by atoms with E-state index < -0.39 is 11.5 Å². The van der Waals surface area contributed by atoms with Crippen molar-refractivity contribution in [3.63, 3.8) is 0 Å². The van der Waals surface area contributed by atoms with Crippen molar-refractivity contribution in [2.75, 3.05) is 5.32 Å². The summed E-state index contributed by atoms with van der Waals surface area (Å²) in [5.41, 5.74) is -0.666. The molecule has 1 aromatic heterocycles. The van der Waals surface area contributed by atoms with Crippen molar-refractivity contribution < 1.29 is 14.3 Å². The van der Waals surface area contributed by atoms with Crippen molar-refractivity contribution in [2.45, 2.75) is 58.5 Å². The zero-order valence-electron chi connectivity index (χ0n) is 13.3. The second-order valence-electron chi connectivity index (χ2n) is 6.10. The van der Waals surface area contributed by atoms with Gasteiger partial charge < -0.3 is 4.74 Å². The van der Waals surface area contributed by atoms with Crippen molar-refractivity contribution in [2.24, 2.45) is 0 Å². The van der Waals surface area contributed by atoms with Gasteiger partial charge in [-0.05, 0) is 20.3 Å². The van der Waals surface area contributed by atoms with E-state index in [0.29, 0.717) is 11.0 Å². The molecule has 2 heterocycles. The Balaban J connectivity index is 2.05. The predicted octanol–water partition coefficient (Wildman–Crippen LogP) is 3.03. The molecule has 0 saturated heterocycles. The lowest BCUT2D eigenvalue weighted by Crippen LogP contribution is -2.34. The van der Waals surface area contributed by atoms with E-state index >= 15 is 0 Å². The maximum Gasteiger partial charge on any atom is 0.292 e. The van der Waals surface area contributed by atoms with E-state index in [-0.39, 0.29) is 18.0 Å². The zero-order chi connectivity index (χ0) is 16.3. The third-order valence-electron chi connectivity index (χ3n) is 3.31. The lowest BCUT2D eigenvalue weighted by Gasteiger charge is -2.29. The Labute approximate surface area is 134 Å². The molecule has 0 radical (unpaired) electrons. The molecule has 0 spiro atoms. The third-order valence-corrected chi connectivity index (χ3v) is 4.38. The number of anilines is 1. The van der Waals surface area contributed by atoms with Crippen molar-refractivity contribution in [1.29, 1.82) is 0 Å². The van der Waals surface area contributed by atoms with Crippen LogP contribution in [-0.4, -0.2) is 27.5 Å². The molecule has 0 unspecified atom stereocenters. The van der Waals surface area contributed by atoms with Crippen LogP contribution in [0.3, 0.4) is 0 Å². The molecule has 1 aliphatic heterocycles. The maximum atomic E-state index is 12.2. The lowest BCUT2D eigenvalue weighted by molar-refractivity contribution is -0.128. The molecule has 0 bridgehead atoms. The van der Waals surface area contributed by atoms with Gasteiger partial charge in [0.15, 0.2) is 11.5 Å².